The lowest BCUT2D eigenvalue weighted by Crippen LogP contribution is -2.29. The summed E-state index contributed by atoms with van der Waals surface area (Å²) in [4.78, 5) is 14.2. The van der Waals surface area contributed by atoms with Gasteiger partial charge >= 0.3 is 0 Å². The van der Waals surface area contributed by atoms with Crippen LogP contribution in [0.2, 0.25) is 0 Å². The van der Waals surface area contributed by atoms with Crippen LogP contribution in [-0.2, 0) is 13.1 Å². The van der Waals surface area contributed by atoms with E-state index in [0.29, 0.717) is 29.8 Å². The second-order valence-corrected chi connectivity index (χ2v) is 5.59. The van der Waals surface area contributed by atoms with Gasteiger partial charge < -0.3 is 10.2 Å². The van der Waals surface area contributed by atoms with Crippen molar-refractivity contribution in [3.8, 4) is 0 Å². The van der Waals surface area contributed by atoms with Gasteiger partial charge in [-0.15, -0.1) is 5.10 Å². The van der Waals surface area contributed by atoms with Gasteiger partial charge in [-0.05, 0) is 30.0 Å². The minimum absolute atomic E-state index is 0.136. The van der Waals surface area contributed by atoms with Crippen molar-refractivity contribution in [2.75, 3.05) is 32.5 Å². The predicted octanol–water partition coefficient (Wildman–Crippen LogP) is 0.271. The number of rotatable bonds is 7. The lowest BCUT2D eigenvalue weighted by molar-refractivity contribution is 0.367. The van der Waals surface area contributed by atoms with Crippen molar-refractivity contribution >= 4 is 21.6 Å². The average molecular weight is 356 g/mol. The number of halogens is 1. The molecule has 9 heteroatoms. The summed E-state index contributed by atoms with van der Waals surface area (Å²) in [5.74, 6) is 0. The highest BCUT2D eigenvalue weighted by atomic mass is 79.9. The second-order valence-electron chi connectivity index (χ2n) is 4.80. The molecule has 0 amide bonds. The molecule has 0 aliphatic heterocycles. The molecule has 114 valence electrons. The average Bonchev–Trinajstić information content (AvgIpc) is 2.95. The molecule has 0 aliphatic rings. The smallest absolute Gasteiger partial charge is 0.283 e. The molecule has 0 atom stereocenters. The number of nitrogens with zero attached hydrogens (tertiary/aromatic N) is 6. The molecule has 0 unspecified atom stereocenters. The van der Waals surface area contributed by atoms with Gasteiger partial charge in [0, 0.05) is 19.3 Å². The molecule has 0 radical (unpaired) electrons. The third kappa shape index (κ3) is 4.36. The number of aromatic nitrogens is 5. The summed E-state index contributed by atoms with van der Waals surface area (Å²) in [6.45, 7) is 2.61. The molecule has 1 N–H and O–H groups in total. The van der Waals surface area contributed by atoms with E-state index < -0.39 is 0 Å². The fraction of sp³-hybridized carbons (Fsp3) is 0.500. The number of nitrogens with one attached hydrogen (secondary N) is 1. The van der Waals surface area contributed by atoms with Crippen LogP contribution in [0.5, 0.6) is 0 Å². The molecule has 2 rings (SSSR count). The Balaban J connectivity index is 1.97. The quantitative estimate of drug-likeness (QED) is 0.767. The zero-order chi connectivity index (χ0) is 15.2. The topological polar surface area (TPSA) is 80.9 Å². The Kier molecular flexibility index (Phi) is 5.45. The molecule has 0 saturated heterocycles. The molecule has 2 aromatic rings. The summed E-state index contributed by atoms with van der Waals surface area (Å²) in [7, 11) is 3.92. The third-order valence-corrected chi connectivity index (χ3v) is 3.64. The van der Waals surface area contributed by atoms with Crippen LogP contribution in [0.4, 0.5) is 5.69 Å². The highest BCUT2D eigenvalue weighted by Gasteiger charge is 2.08. The van der Waals surface area contributed by atoms with E-state index in [9.17, 15) is 4.79 Å². The number of hydrogen-bond acceptors (Lipinski definition) is 6. The Morgan fingerprint density at radius 2 is 2.19 bits per heavy atom. The van der Waals surface area contributed by atoms with Gasteiger partial charge in [-0.1, -0.05) is 5.21 Å². The van der Waals surface area contributed by atoms with Crippen LogP contribution in [0, 0.1) is 0 Å². The highest BCUT2D eigenvalue weighted by Crippen LogP contribution is 2.15. The van der Waals surface area contributed by atoms with Crippen LogP contribution in [0.1, 0.15) is 0 Å². The van der Waals surface area contributed by atoms with E-state index in [1.165, 1.54) is 4.68 Å². The van der Waals surface area contributed by atoms with Crippen molar-refractivity contribution in [1.29, 1.82) is 0 Å². The molecule has 0 bridgehead atoms. The maximum absolute atomic E-state index is 12.2. The lowest BCUT2D eigenvalue weighted by atomic mass is 10.4. The molecule has 21 heavy (non-hydrogen) atoms. The monoisotopic (exact) mass is 355 g/mol. The second kappa shape index (κ2) is 7.32. The Bertz CT molecular complexity index is 623. The summed E-state index contributed by atoms with van der Waals surface area (Å²) in [6.07, 6.45) is 5.07. The van der Waals surface area contributed by atoms with Gasteiger partial charge in [0.25, 0.3) is 5.56 Å². The van der Waals surface area contributed by atoms with Crippen LogP contribution < -0.4 is 10.9 Å². The van der Waals surface area contributed by atoms with Crippen molar-refractivity contribution in [3.05, 3.63) is 33.4 Å². The van der Waals surface area contributed by atoms with Gasteiger partial charge in [-0.3, -0.25) is 9.48 Å². The fourth-order valence-electron chi connectivity index (χ4n) is 1.70. The number of likely N-dealkylation sites (N-methyl/N-ethyl adjacent to an activating group) is 1. The molecular formula is C12H18BrN7O. The van der Waals surface area contributed by atoms with Gasteiger partial charge in [-0.2, -0.15) is 5.10 Å². The maximum Gasteiger partial charge on any atom is 0.283 e. The van der Waals surface area contributed by atoms with Crippen molar-refractivity contribution in [2.45, 2.75) is 13.1 Å². The molecule has 2 aromatic heterocycles. The van der Waals surface area contributed by atoms with Gasteiger partial charge in [0.15, 0.2) is 0 Å². The van der Waals surface area contributed by atoms with E-state index in [4.69, 9.17) is 0 Å². The molecular weight excluding hydrogens is 338 g/mol. The van der Waals surface area contributed by atoms with Gasteiger partial charge in [0.1, 0.15) is 4.47 Å². The summed E-state index contributed by atoms with van der Waals surface area (Å²) in [5.41, 5.74) is 0.545. The molecule has 8 nitrogen and oxygen atoms in total. The Morgan fingerprint density at radius 3 is 2.86 bits per heavy atom. The van der Waals surface area contributed by atoms with E-state index in [1.807, 2.05) is 19.0 Å². The van der Waals surface area contributed by atoms with E-state index in [0.717, 1.165) is 6.54 Å². The largest absolute Gasteiger partial charge is 0.381 e. The maximum atomic E-state index is 12.2. The van der Waals surface area contributed by atoms with Crippen molar-refractivity contribution in [1.82, 2.24) is 29.7 Å². The minimum Gasteiger partial charge on any atom is -0.381 e. The van der Waals surface area contributed by atoms with E-state index in [1.54, 1.807) is 23.3 Å². The molecule has 0 fully saturated rings. The van der Waals surface area contributed by atoms with Crippen LogP contribution in [0.3, 0.4) is 0 Å². The number of hydrogen-bond donors (Lipinski definition) is 1. The minimum atomic E-state index is -0.136. The Labute approximate surface area is 130 Å². The highest BCUT2D eigenvalue weighted by molar-refractivity contribution is 9.10. The van der Waals surface area contributed by atoms with Gasteiger partial charge in [0.2, 0.25) is 0 Å². The van der Waals surface area contributed by atoms with E-state index >= 15 is 0 Å². The SMILES string of the molecule is CN(C)CCn1ncc(NCCn2ccnn2)c(Br)c1=O. The molecule has 0 spiro atoms. The number of anilines is 1. The molecule has 0 aromatic carbocycles. The van der Waals surface area contributed by atoms with Crippen LogP contribution in [0.15, 0.2) is 27.9 Å². The van der Waals surface area contributed by atoms with Crippen LogP contribution in [0.25, 0.3) is 0 Å². The Morgan fingerprint density at radius 1 is 1.38 bits per heavy atom. The normalized spacial score (nSPS) is 11.0. The first-order chi connectivity index (χ1) is 10.1. The zero-order valence-electron chi connectivity index (χ0n) is 12.0. The molecule has 0 aliphatic carbocycles. The summed E-state index contributed by atoms with van der Waals surface area (Å²) in [5, 5.41) is 14.9. The summed E-state index contributed by atoms with van der Waals surface area (Å²) >= 11 is 3.33. The van der Waals surface area contributed by atoms with Crippen LogP contribution in [-0.4, -0.2) is 56.9 Å². The van der Waals surface area contributed by atoms with E-state index in [-0.39, 0.29) is 5.56 Å². The fourth-order valence-corrected chi connectivity index (χ4v) is 2.15. The standard InChI is InChI=1S/C12H18BrN7O/c1-18(2)7-8-20-12(21)11(13)10(9-16-20)14-3-5-19-6-4-15-17-19/h4,6,9,14H,3,5,7-8H2,1-2H3. The van der Waals surface area contributed by atoms with E-state index in [2.05, 4.69) is 36.7 Å². The molecule has 2 heterocycles. The van der Waals surface area contributed by atoms with Crippen LogP contribution >= 0.6 is 15.9 Å². The lowest BCUT2D eigenvalue weighted by Gasteiger charge is -2.12. The van der Waals surface area contributed by atoms with Gasteiger partial charge in [0.05, 0.1) is 31.2 Å². The first kappa shape index (κ1) is 15.6. The third-order valence-electron chi connectivity index (χ3n) is 2.87. The predicted molar refractivity (Wildman–Crippen MR) is 83.3 cm³/mol. The molecule has 0 saturated carbocycles. The van der Waals surface area contributed by atoms with Crippen molar-refractivity contribution in [2.24, 2.45) is 0 Å². The van der Waals surface area contributed by atoms with Crippen molar-refractivity contribution in [3.63, 3.8) is 0 Å². The first-order valence-electron chi connectivity index (χ1n) is 6.56. The first-order valence-corrected chi connectivity index (χ1v) is 7.35. The zero-order valence-corrected chi connectivity index (χ0v) is 13.6. The summed E-state index contributed by atoms with van der Waals surface area (Å²) < 4.78 is 3.66. The van der Waals surface area contributed by atoms with Crippen molar-refractivity contribution < 1.29 is 0 Å². The Hall–Kier alpha value is -1.74. The summed E-state index contributed by atoms with van der Waals surface area (Å²) in [6, 6.07) is 0. The van der Waals surface area contributed by atoms with Gasteiger partial charge in [-0.25, -0.2) is 4.68 Å².